The fraction of sp³-hybridized carbons (Fsp3) is 0.500. The first-order valence-corrected chi connectivity index (χ1v) is 10.0. The molecule has 2 heterocycles. The lowest BCUT2D eigenvalue weighted by atomic mass is 9.90. The maximum absolute atomic E-state index is 6.11. The van der Waals surface area contributed by atoms with E-state index in [2.05, 4.69) is 53.5 Å². The van der Waals surface area contributed by atoms with Crippen molar-refractivity contribution in [1.82, 2.24) is 15.6 Å². The number of nitrogens with zero attached hydrogens (tertiary/aromatic N) is 2. The zero-order valence-corrected chi connectivity index (χ0v) is 16.8. The molecule has 1 unspecified atom stereocenters. The quantitative estimate of drug-likeness (QED) is 0.620. The summed E-state index contributed by atoms with van der Waals surface area (Å²) in [4.78, 5) is 10.2. The number of benzene rings is 1. The van der Waals surface area contributed by atoms with Crippen LogP contribution < -0.4 is 15.4 Å². The van der Waals surface area contributed by atoms with Crippen molar-refractivity contribution >= 4 is 17.3 Å². The smallest absolute Gasteiger partial charge is 0.191 e. The molecule has 6 heteroatoms. The maximum Gasteiger partial charge on any atom is 0.191 e. The SMILES string of the molecule is CCc1cnc(CCNC(=NC)NC2CC(C)(C)Oc3ccccc32)s1. The summed E-state index contributed by atoms with van der Waals surface area (Å²) in [5.41, 5.74) is 0.977. The fourth-order valence-corrected chi connectivity index (χ4v) is 4.07. The summed E-state index contributed by atoms with van der Waals surface area (Å²) < 4.78 is 6.11. The molecule has 0 spiro atoms. The number of guanidine groups is 1. The van der Waals surface area contributed by atoms with E-state index in [1.54, 1.807) is 11.3 Å². The Kier molecular flexibility index (Phi) is 5.81. The van der Waals surface area contributed by atoms with E-state index in [1.807, 2.05) is 25.4 Å². The number of aromatic nitrogens is 1. The van der Waals surface area contributed by atoms with Crippen LogP contribution in [0.25, 0.3) is 0 Å². The Hall–Kier alpha value is -2.08. The van der Waals surface area contributed by atoms with Gasteiger partial charge >= 0.3 is 0 Å². The number of aliphatic imine (C=N–C) groups is 1. The number of ether oxygens (including phenoxy) is 1. The van der Waals surface area contributed by atoms with E-state index in [-0.39, 0.29) is 11.6 Å². The number of hydrogen-bond acceptors (Lipinski definition) is 4. The van der Waals surface area contributed by atoms with Crippen molar-refractivity contribution in [3.63, 3.8) is 0 Å². The molecule has 140 valence electrons. The Morgan fingerprint density at radius 2 is 2.19 bits per heavy atom. The molecule has 1 aromatic carbocycles. The normalized spacial score (nSPS) is 18.8. The predicted octanol–water partition coefficient (Wildman–Crippen LogP) is 3.72. The highest BCUT2D eigenvalue weighted by Crippen LogP contribution is 2.39. The minimum atomic E-state index is -0.206. The van der Waals surface area contributed by atoms with Gasteiger partial charge in [-0.3, -0.25) is 4.99 Å². The molecule has 1 atom stereocenters. The zero-order chi connectivity index (χ0) is 18.6. The second kappa shape index (κ2) is 8.08. The third-order valence-electron chi connectivity index (χ3n) is 4.49. The highest BCUT2D eigenvalue weighted by molar-refractivity contribution is 7.11. The molecule has 0 bridgehead atoms. The van der Waals surface area contributed by atoms with Gasteiger partial charge in [0.25, 0.3) is 0 Å². The molecule has 1 aliphatic rings. The van der Waals surface area contributed by atoms with Gasteiger partial charge in [0.1, 0.15) is 11.4 Å². The van der Waals surface area contributed by atoms with Crippen LogP contribution >= 0.6 is 11.3 Å². The highest BCUT2D eigenvalue weighted by Gasteiger charge is 2.33. The molecular formula is C20H28N4OS. The number of fused-ring (bicyclic) bond motifs is 1. The van der Waals surface area contributed by atoms with Gasteiger partial charge in [-0.05, 0) is 26.3 Å². The van der Waals surface area contributed by atoms with E-state index in [9.17, 15) is 0 Å². The van der Waals surface area contributed by atoms with Gasteiger partial charge in [-0.15, -0.1) is 11.3 Å². The van der Waals surface area contributed by atoms with Crippen molar-refractivity contribution in [3.05, 3.63) is 45.9 Å². The molecular weight excluding hydrogens is 344 g/mol. The Morgan fingerprint density at radius 3 is 2.92 bits per heavy atom. The predicted molar refractivity (Wildman–Crippen MR) is 108 cm³/mol. The first kappa shape index (κ1) is 18.7. The second-order valence-electron chi connectivity index (χ2n) is 7.12. The van der Waals surface area contributed by atoms with E-state index >= 15 is 0 Å². The number of aryl methyl sites for hydroxylation is 1. The lowest BCUT2D eigenvalue weighted by molar-refractivity contribution is 0.0694. The molecule has 2 N–H and O–H groups in total. The highest BCUT2D eigenvalue weighted by atomic mass is 32.1. The lowest BCUT2D eigenvalue weighted by Gasteiger charge is -2.38. The number of hydrogen-bond donors (Lipinski definition) is 2. The third kappa shape index (κ3) is 4.55. The summed E-state index contributed by atoms with van der Waals surface area (Å²) in [6, 6.07) is 8.40. The average molecular weight is 373 g/mol. The summed E-state index contributed by atoms with van der Waals surface area (Å²) in [6.07, 6.45) is 4.82. The van der Waals surface area contributed by atoms with Gasteiger partial charge < -0.3 is 15.4 Å². The molecule has 0 radical (unpaired) electrons. The molecule has 1 aromatic heterocycles. The number of thiazole rings is 1. The maximum atomic E-state index is 6.11. The van der Waals surface area contributed by atoms with Gasteiger partial charge in [-0.2, -0.15) is 0 Å². The molecule has 0 saturated carbocycles. The fourth-order valence-electron chi connectivity index (χ4n) is 3.21. The number of para-hydroxylation sites is 1. The Morgan fingerprint density at radius 1 is 1.38 bits per heavy atom. The van der Waals surface area contributed by atoms with Crippen molar-refractivity contribution < 1.29 is 4.74 Å². The molecule has 5 nitrogen and oxygen atoms in total. The van der Waals surface area contributed by atoms with Crippen molar-refractivity contribution in [3.8, 4) is 5.75 Å². The minimum Gasteiger partial charge on any atom is -0.487 e. The van der Waals surface area contributed by atoms with E-state index < -0.39 is 0 Å². The zero-order valence-electron chi connectivity index (χ0n) is 16.0. The molecule has 3 rings (SSSR count). The van der Waals surface area contributed by atoms with Gasteiger partial charge in [0, 0.05) is 43.1 Å². The van der Waals surface area contributed by atoms with Crippen LogP contribution in [0.15, 0.2) is 35.5 Å². The van der Waals surface area contributed by atoms with Crippen LogP contribution in [0.5, 0.6) is 5.75 Å². The van der Waals surface area contributed by atoms with Crippen LogP contribution in [0.1, 0.15) is 48.7 Å². The summed E-state index contributed by atoms with van der Waals surface area (Å²) in [5.74, 6) is 1.77. The van der Waals surface area contributed by atoms with Crippen LogP contribution in [0.4, 0.5) is 0 Å². The molecule has 0 amide bonds. The van der Waals surface area contributed by atoms with Crippen molar-refractivity contribution in [2.24, 2.45) is 4.99 Å². The van der Waals surface area contributed by atoms with Gasteiger partial charge in [0.05, 0.1) is 11.0 Å². The summed E-state index contributed by atoms with van der Waals surface area (Å²) in [6.45, 7) is 7.22. The first-order chi connectivity index (χ1) is 12.5. The Balaban J connectivity index is 1.61. The topological polar surface area (TPSA) is 58.5 Å². The molecule has 2 aromatic rings. The van der Waals surface area contributed by atoms with Crippen LogP contribution in [-0.4, -0.2) is 30.1 Å². The monoisotopic (exact) mass is 372 g/mol. The molecule has 1 aliphatic heterocycles. The third-order valence-corrected chi connectivity index (χ3v) is 5.69. The number of rotatable bonds is 5. The van der Waals surface area contributed by atoms with Gasteiger partial charge in [0.2, 0.25) is 0 Å². The van der Waals surface area contributed by atoms with Gasteiger partial charge in [0.15, 0.2) is 5.96 Å². The van der Waals surface area contributed by atoms with E-state index in [0.717, 1.165) is 37.5 Å². The average Bonchev–Trinajstić information content (AvgIpc) is 3.07. The van der Waals surface area contributed by atoms with Gasteiger partial charge in [-0.1, -0.05) is 25.1 Å². The lowest BCUT2D eigenvalue weighted by Crippen LogP contribution is -2.45. The molecule has 0 saturated heterocycles. The Labute approximate surface area is 159 Å². The summed E-state index contributed by atoms with van der Waals surface area (Å²) >= 11 is 1.79. The molecule has 26 heavy (non-hydrogen) atoms. The molecule has 0 fully saturated rings. The first-order valence-electron chi connectivity index (χ1n) is 9.19. The second-order valence-corrected chi connectivity index (χ2v) is 8.32. The Bertz CT molecular complexity index is 769. The van der Waals surface area contributed by atoms with E-state index in [4.69, 9.17) is 4.74 Å². The van der Waals surface area contributed by atoms with Crippen molar-refractivity contribution in [2.45, 2.75) is 51.7 Å². The van der Waals surface area contributed by atoms with Crippen LogP contribution in [0.2, 0.25) is 0 Å². The standard InChI is InChI=1S/C20H28N4OS/c1-5-14-13-23-18(26-14)10-11-22-19(21-4)24-16-12-20(2,3)25-17-9-7-6-8-15(16)17/h6-9,13,16H,5,10-12H2,1-4H3,(H2,21,22,24). The van der Waals surface area contributed by atoms with Crippen LogP contribution in [0.3, 0.4) is 0 Å². The van der Waals surface area contributed by atoms with E-state index in [0.29, 0.717) is 0 Å². The van der Waals surface area contributed by atoms with Crippen LogP contribution in [0, 0.1) is 0 Å². The van der Waals surface area contributed by atoms with E-state index in [1.165, 1.54) is 15.4 Å². The largest absolute Gasteiger partial charge is 0.487 e. The minimum absolute atomic E-state index is 0.174. The van der Waals surface area contributed by atoms with Crippen molar-refractivity contribution in [1.29, 1.82) is 0 Å². The summed E-state index contributed by atoms with van der Waals surface area (Å²) in [7, 11) is 1.81. The summed E-state index contributed by atoms with van der Waals surface area (Å²) in [5, 5.41) is 8.15. The molecule has 0 aliphatic carbocycles. The van der Waals surface area contributed by atoms with Gasteiger partial charge in [-0.25, -0.2) is 4.98 Å². The number of nitrogens with one attached hydrogen (secondary N) is 2. The van der Waals surface area contributed by atoms with Crippen molar-refractivity contribution in [2.75, 3.05) is 13.6 Å². The van der Waals surface area contributed by atoms with Crippen LogP contribution in [-0.2, 0) is 12.8 Å².